The number of carbonyl (C=O) groups excluding carboxylic acids is 1. The summed E-state index contributed by atoms with van der Waals surface area (Å²) >= 11 is 0. The first-order valence-electron chi connectivity index (χ1n) is 9.62. The molecule has 0 aromatic heterocycles. The van der Waals surface area contributed by atoms with Gasteiger partial charge in [-0.15, -0.1) is 0 Å². The predicted molar refractivity (Wildman–Crippen MR) is 115 cm³/mol. The monoisotopic (exact) mass is 400 g/mol. The molecule has 4 nitrogen and oxygen atoms in total. The van der Waals surface area contributed by atoms with Crippen LogP contribution in [0.3, 0.4) is 0 Å². The van der Waals surface area contributed by atoms with Crippen LogP contribution >= 0.6 is 0 Å². The number of rotatable bonds is 8. The number of ether oxygens (including phenoxy) is 2. The average Bonchev–Trinajstić information content (AvgIpc) is 2.67. The molecule has 0 radical (unpaired) electrons. The van der Waals surface area contributed by atoms with E-state index in [-0.39, 0.29) is 5.04 Å². The van der Waals surface area contributed by atoms with Gasteiger partial charge in [0.2, 0.25) is 0 Å². The Morgan fingerprint density at radius 2 is 1.50 bits per heavy atom. The number of carbonyl (C=O) groups is 1. The quantitative estimate of drug-likeness (QED) is 0.433. The average molecular weight is 401 g/mol. The van der Waals surface area contributed by atoms with Crippen molar-refractivity contribution in [3.05, 3.63) is 71.8 Å². The Bertz CT molecular complexity index is 738. The van der Waals surface area contributed by atoms with Gasteiger partial charge in [0.25, 0.3) is 0 Å². The predicted octanol–water partition coefficient (Wildman–Crippen LogP) is 5.51. The SMILES string of the molecule is COC(=O)[C@@H](OCc1ccccc1)[C@H](O[Si](C)(C)C(C)(C)C)c1ccccc1. The third-order valence-corrected chi connectivity index (χ3v) is 9.79. The summed E-state index contributed by atoms with van der Waals surface area (Å²) in [6.45, 7) is 11.2. The Morgan fingerprint density at radius 3 is 2.00 bits per heavy atom. The first-order valence-corrected chi connectivity index (χ1v) is 12.5. The standard InChI is InChI=1S/C23H32O4Si/c1-23(2,3)28(5,6)27-20(19-15-11-8-12-16-19)21(22(24)25-4)26-17-18-13-9-7-10-14-18/h7-16,20-21H,17H2,1-6H3/t20-,21+/m1/s1. The van der Waals surface area contributed by atoms with Crippen molar-refractivity contribution < 1.29 is 18.7 Å². The van der Waals surface area contributed by atoms with Crippen molar-refractivity contribution >= 4 is 14.3 Å². The molecule has 0 fully saturated rings. The Morgan fingerprint density at radius 1 is 0.964 bits per heavy atom. The van der Waals surface area contributed by atoms with Crippen molar-refractivity contribution in [1.82, 2.24) is 0 Å². The van der Waals surface area contributed by atoms with Crippen LogP contribution in [-0.4, -0.2) is 27.5 Å². The van der Waals surface area contributed by atoms with Crippen molar-refractivity contribution in [2.45, 2.75) is 57.7 Å². The fraction of sp³-hybridized carbons (Fsp3) is 0.435. The minimum atomic E-state index is -2.17. The Balaban J connectivity index is 2.36. The van der Waals surface area contributed by atoms with Crippen LogP contribution in [0.4, 0.5) is 0 Å². The summed E-state index contributed by atoms with van der Waals surface area (Å²) in [6, 6.07) is 19.6. The van der Waals surface area contributed by atoms with Gasteiger partial charge in [-0.3, -0.25) is 0 Å². The highest BCUT2D eigenvalue weighted by Gasteiger charge is 2.43. The molecular formula is C23H32O4Si. The van der Waals surface area contributed by atoms with E-state index >= 15 is 0 Å². The summed E-state index contributed by atoms with van der Waals surface area (Å²) in [6.07, 6.45) is -1.38. The molecule has 0 aliphatic rings. The molecule has 0 heterocycles. The molecule has 2 rings (SSSR count). The molecule has 2 aromatic carbocycles. The lowest BCUT2D eigenvalue weighted by atomic mass is 10.0. The molecule has 0 spiro atoms. The Kier molecular flexibility index (Phi) is 7.58. The summed E-state index contributed by atoms with van der Waals surface area (Å²) in [4.78, 5) is 12.7. The van der Waals surface area contributed by atoms with E-state index in [1.807, 2.05) is 60.7 Å². The minimum absolute atomic E-state index is 0.000129. The zero-order valence-electron chi connectivity index (χ0n) is 17.8. The fourth-order valence-corrected chi connectivity index (χ4v) is 3.85. The number of hydrogen-bond donors (Lipinski definition) is 0. The van der Waals surface area contributed by atoms with E-state index < -0.39 is 26.5 Å². The molecule has 2 aromatic rings. The Labute approximate surface area is 170 Å². The van der Waals surface area contributed by atoms with Gasteiger partial charge in [-0.05, 0) is 29.3 Å². The lowest BCUT2D eigenvalue weighted by Crippen LogP contribution is -2.46. The Hall–Kier alpha value is -1.95. The number of methoxy groups -OCH3 is 1. The second kappa shape index (κ2) is 9.50. The number of benzene rings is 2. The van der Waals surface area contributed by atoms with Crippen LogP contribution in [0, 0.1) is 0 Å². The van der Waals surface area contributed by atoms with Crippen LogP contribution in [0.15, 0.2) is 60.7 Å². The molecular weight excluding hydrogens is 368 g/mol. The normalized spacial score (nSPS) is 14.4. The van der Waals surface area contributed by atoms with Gasteiger partial charge < -0.3 is 13.9 Å². The number of esters is 1. The second-order valence-electron chi connectivity index (χ2n) is 8.45. The molecule has 28 heavy (non-hydrogen) atoms. The molecule has 0 bridgehead atoms. The van der Waals surface area contributed by atoms with Gasteiger partial charge in [0.1, 0.15) is 6.10 Å². The molecule has 5 heteroatoms. The summed E-state index contributed by atoms with van der Waals surface area (Å²) in [5, 5.41) is 0.000129. The van der Waals surface area contributed by atoms with Crippen molar-refractivity contribution in [2.75, 3.05) is 7.11 Å². The van der Waals surface area contributed by atoms with Crippen LogP contribution in [0.25, 0.3) is 0 Å². The van der Waals surface area contributed by atoms with Gasteiger partial charge in [-0.1, -0.05) is 81.4 Å². The summed E-state index contributed by atoms with van der Waals surface area (Å²) in [7, 11) is -0.784. The molecule has 0 aliphatic carbocycles. The zero-order chi connectivity index (χ0) is 20.8. The van der Waals surface area contributed by atoms with E-state index in [2.05, 4.69) is 33.9 Å². The maximum Gasteiger partial charge on any atom is 0.338 e. The molecule has 0 N–H and O–H groups in total. The molecule has 152 valence electrons. The summed E-state index contributed by atoms with van der Waals surface area (Å²) in [5.41, 5.74) is 1.91. The van der Waals surface area contributed by atoms with Crippen LogP contribution in [-0.2, 0) is 25.3 Å². The molecule has 0 saturated carbocycles. The minimum Gasteiger partial charge on any atom is -0.467 e. The highest BCUT2D eigenvalue weighted by molar-refractivity contribution is 6.74. The van der Waals surface area contributed by atoms with E-state index in [1.165, 1.54) is 7.11 Å². The second-order valence-corrected chi connectivity index (χ2v) is 13.2. The van der Waals surface area contributed by atoms with Gasteiger partial charge in [0.05, 0.1) is 13.7 Å². The van der Waals surface area contributed by atoms with Crippen LogP contribution in [0.1, 0.15) is 38.0 Å². The lowest BCUT2D eigenvalue weighted by Gasteiger charge is -2.41. The molecule has 0 aliphatic heterocycles. The van der Waals surface area contributed by atoms with E-state index in [0.717, 1.165) is 11.1 Å². The maximum atomic E-state index is 12.7. The van der Waals surface area contributed by atoms with Crippen LogP contribution in [0.2, 0.25) is 18.1 Å². The van der Waals surface area contributed by atoms with Gasteiger partial charge >= 0.3 is 5.97 Å². The van der Waals surface area contributed by atoms with E-state index in [0.29, 0.717) is 6.61 Å². The van der Waals surface area contributed by atoms with Crippen molar-refractivity contribution in [1.29, 1.82) is 0 Å². The molecule has 2 atom stereocenters. The van der Waals surface area contributed by atoms with Gasteiger partial charge in [0.15, 0.2) is 14.4 Å². The summed E-state index contributed by atoms with van der Waals surface area (Å²) < 4.78 is 17.8. The lowest BCUT2D eigenvalue weighted by molar-refractivity contribution is -0.163. The van der Waals surface area contributed by atoms with Crippen molar-refractivity contribution in [3.63, 3.8) is 0 Å². The molecule has 0 unspecified atom stereocenters. The van der Waals surface area contributed by atoms with Crippen molar-refractivity contribution in [2.24, 2.45) is 0 Å². The van der Waals surface area contributed by atoms with E-state index in [9.17, 15) is 4.79 Å². The maximum absolute atomic E-state index is 12.7. The van der Waals surface area contributed by atoms with Crippen LogP contribution < -0.4 is 0 Å². The van der Waals surface area contributed by atoms with Gasteiger partial charge in [-0.25, -0.2) is 4.79 Å². The highest BCUT2D eigenvalue weighted by Crippen LogP contribution is 2.41. The van der Waals surface area contributed by atoms with Gasteiger partial charge in [-0.2, -0.15) is 0 Å². The first-order chi connectivity index (χ1) is 13.2. The van der Waals surface area contributed by atoms with E-state index in [1.54, 1.807) is 0 Å². The highest BCUT2D eigenvalue weighted by atomic mass is 28.4. The van der Waals surface area contributed by atoms with Crippen LogP contribution in [0.5, 0.6) is 0 Å². The summed E-state index contributed by atoms with van der Waals surface area (Å²) in [5.74, 6) is -0.427. The topological polar surface area (TPSA) is 44.8 Å². The molecule has 0 saturated heterocycles. The third-order valence-electron chi connectivity index (χ3n) is 5.34. The molecule has 0 amide bonds. The largest absolute Gasteiger partial charge is 0.467 e. The van der Waals surface area contributed by atoms with E-state index in [4.69, 9.17) is 13.9 Å². The first kappa shape index (κ1) is 22.3. The van der Waals surface area contributed by atoms with Crippen molar-refractivity contribution in [3.8, 4) is 0 Å². The zero-order valence-corrected chi connectivity index (χ0v) is 18.8. The smallest absolute Gasteiger partial charge is 0.338 e. The fourth-order valence-electron chi connectivity index (χ4n) is 2.60. The third kappa shape index (κ3) is 5.77. The number of hydrogen-bond acceptors (Lipinski definition) is 4. The van der Waals surface area contributed by atoms with Gasteiger partial charge in [0, 0.05) is 0 Å².